The Labute approximate surface area is 329 Å². The van der Waals surface area contributed by atoms with Crippen LogP contribution in [0.5, 0.6) is 0 Å². The van der Waals surface area contributed by atoms with Crippen LogP contribution in [-0.4, -0.2) is 12.3 Å². The van der Waals surface area contributed by atoms with Gasteiger partial charge in [0.1, 0.15) is 0 Å². The highest BCUT2D eigenvalue weighted by atomic mass is 32.1. The van der Waals surface area contributed by atoms with Crippen LogP contribution in [0, 0.1) is 0 Å². The van der Waals surface area contributed by atoms with Gasteiger partial charge in [0.25, 0.3) is 0 Å². The van der Waals surface area contributed by atoms with E-state index in [4.69, 9.17) is 0 Å². The number of nitrogens with zero attached hydrogens (tertiary/aromatic N) is 1. The molecule has 2 aromatic heterocycles. The van der Waals surface area contributed by atoms with E-state index in [1.165, 1.54) is 103 Å². The highest BCUT2D eigenvalue weighted by molar-refractivity contribution is 7.26. The van der Waals surface area contributed by atoms with E-state index in [2.05, 4.69) is 205 Å². The van der Waals surface area contributed by atoms with Gasteiger partial charge in [-0.25, -0.2) is 0 Å². The molecule has 0 amide bonds. The number of hydrogen-bond acceptors (Lipinski definition) is 2. The zero-order valence-electron chi connectivity index (χ0n) is 30.3. The van der Waals surface area contributed by atoms with Gasteiger partial charge in [0, 0.05) is 59.1 Å². The van der Waals surface area contributed by atoms with E-state index in [0.29, 0.717) is 0 Å². The van der Waals surface area contributed by atoms with Gasteiger partial charge >= 0.3 is 0 Å². The normalized spacial score (nSPS) is 12.4. The van der Waals surface area contributed by atoms with Crippen LogP contribution in [0.4, 0.5) is 17.1 Å². The lowest BCUT2D eigenvalue weighted by molar-refractivity contribution is 1.30. The molecule has 0 bridgehead atoms. The Bertz CT molecular complexity index is 3330. The molecule has 0 spiro atoms. The minimum absolute atomic E-state index is 1.13. The van der Waals surface area contributed by atoms with Crippen LogP contribution in [0.1, 0.15) is 0 Å². The summed E-state index contributed by atoms with van der Waals surface area (Å²) in [6, 6.07) is 68.9. The fourth-order valence-electron chi connectivity index (χ4n) is 9.00. The summed E-state index contributed by atoms with van der Waals surface area (Å²) in [5, 5.41) is 7.58. The third-order valence-corrected chi connectivity index (χ3v) is 12.7. The summed E-state index contributed by atoms with van der Waals surface area (Å²) in [6.45, 7) is 0. The van der Waals surface area contributed by atoms with E-state index in [0.717, 1.165) is 11.2 Å². The summed E-state index contributed by atoms with van der Waals surface area (Å²) in [5.74, 6) is 0. The van der Waals surface area contributed by atoms with Crippen molar-refractivity contribution in [1.29, 1.82) is 0 Å². The summed E-state index contributed by atoms with van der Waals surface area (Å²) >= 11 is 1.88. The van der Waals surface area contributed by atoms with E-state index < -0.39 is 0 Å². The highest BCUT2D eigenvalue weighted by Crippen LogP contribution is 2.47. The van der Waals surface area contributed by atoms with Gasteiger partial charge in [-0.3, -0.25) is 0 Å². The first-order valence-electron chi connectivity index (χ1n) is 19.2. The molecule has 0 unspecified atom stereocenters. The number of anilines is 3. The molecule has 0 saturated heterocycles. The number of H-pyrrole nitrogens is 1. The smallest absolute Gasteiger partial charge is 0.197 e. The topological polar surface area (TPSA) is 19.0 Å². The van der Waals surface area contributed by atoms with Crippen molar-refractivity contribution in [1.82, 2.24) is 4.98 Å². The predicted octanol–water partition coefficient (Wildman–Crippen LogP) is 13.3. The summed E-state index contributed by atoms with van der Waals surface area (Å²) < 4.78 is 2.58. The lowest BCUT2D eigenvalue weighted by Gasteiger charge is -2.35. The maximum atomic E-state index is 3.94. The van der Waals surface area contributed by atoms with Gasteiger partial charge in [0.05, 0.1) is 5.52 Å². The first-order valence-corrected chi connectivity index (χ1v) is 20.0. The summed E-state index contributed by atoms with van der Waals surface area (Å²) in [7, 11) is 2.45. The number of hydrogen-bond donors (Lipinski definition) is 1. The number of thiophene rings is 1. The predicted molar refractivity (Wildman–Crippen MR) is 242 cm³/mol. The first-order chi connectivity index (χ1) is 27.7. The van der Waals surface area contributed by atoms with Crippen molar-refractivity contribution in [2.45, 2.75) is 0 Å². The molecule has 0 atom stereocenters. The highest BCUT2D eigenvalue weighted by Gasteiger charge is 2.31. The Morgan fingerprint density at radius 2 is 1.12 bits per heavy atom. The van der Waals surface area contributed by atoms with Gasteiger partial charge in [-0.15, -0.1) is 11.3 Å². The second-order valence-corrected chi connectivity index (χ2v) is 15.9. The molecule has 1 N–H and O–H groups in total. The Morgan fingerprint density at radius 1 is 0.464 bits per heavy atom. The van der Waals surface area contributed by atoms with Gasteiger partial charge in [-0.2, -0.15) is 0 Å². The molecule has 0 fully saturated rings. The van der Waals surface area contributed by atoms with Gasteiger partial charge in [0.2, 0.25) is 0 Å². The Hall–Kier alpha value is -6.88. The van der Waals surface area contributed by atoms with Crippen LogP contribution >= 0.6 is 11.3 Å². The first kappa shape index (κ1) is 31.5. The van der Waals surface area contributed by atoms with Crippen molar-refractivity contribution in [3.63, 3.8) is 0 Å². The standard InChI is InChI=1S/C52H32BN2S/c1-3-12-32(13-4-1)34-22-25-38(26-23-34)55-45-27-24-37(33-14-5-2-6-15-33)29-43(45)53-51-46(55)31-48-49(40-18-9-10-21-47(40)56-48)50(51)41-20-11-19-39-42-28-35-16-7-8-17-36(35)30-44(42)54-52(39)41/h1-31,54H. The molecular weight excluding hydrogens is 695 g/mol. The van der Waals surface area contributed by atoms with E-state index in [1.807, 2.05) is 11.3 Å². The minimum Gasteiger partial charge on any atom is -0.354 e. The molecule has 9 aromatic carbocycles. The molecule has 12 rings (SSSR count). The van der Waals surface area contributed by atoms with Crippen molar-refractivity contribution in [3.05, 3.63) is 188 Å². The fraction of sp³-hybridized carbons (Fsp3) is 0. The molecule has 1 radical (unpaired) electrons. The molecule has 3 heterocycles. The van der Waals surface area contributed by atoms with Crippen LogP contribution in [0.3, 0.4) is 0 Å². The van der Waals surface area contributed by atoms with Crippen LogP contribution < -0.4 is 15.8 Å². The third kappa shape index (κ3) is 4.83. The fourth-order valence-corrected chi connectivity index (χ4v) is 10.1. The molecule has 1 aliphatic rings. The molecule has 259 valence electrons. The second-order valence-electron chi connectivity index (χ2n) is 14.8. The zero-order chi connectivity index (χ0) is 36.7. The number of aromatic amines is 1. The minimum atomic E-state index is 1.13. The zero-order valence-corrected chi connectivity index (χ0v) is 31.1. The molecule has 0 saturated carbocycles. The number of nitrogens with one attached hydrogen (secondary N) is 1. The number of aromatic nitrogens is 1. The van der Waals surface area contributed by atoms with Crippen LogP contribution in [-0.2, 0) is 0 Å². The van der Waals surface area contributed by atoms with Crippen LogP contribution in [0.15, 0.2) is 188 Å². The third-order valence-electron chi connectivity index (χ3n) is 11.6. The molecule has 4 heteroatoms. The lowest BCUT2D eigenvalue weighted by atomic mass is 9.57. The van der Waals surface area contributed by atoms with E-state index in [-0.39, 0.29) is 0 Å². The van der Waals surface area contributed by atoms with E-state index in [1.54, 1.807) is 0 Å². The molecular formula is C52H32BN2S. The molecule has 2 nitrogen and oxygen atoms in total. The summed E-state index contributed by atoms with van der Waals surface area (Å²) in [4.78, 5) is 6.43. The monoisotopic (exact) mass is 727 g/mol. The average molecular weight is 728 g/mol. The largest absolute Gasteiger partial charge is 0.354 e. The number of fused-ring (bicyclic) bond motifs is 9. The van der Waals surface area contributed by atoms with Crippen LogP contribution in [0.25, 0.3) is 86.1 Å². The molecule has 0 aliphatic carbocycles. The van der Waals surface area contributed by atoms with E-state index >= 15 is 0 Å². The molecule has 56 heavy (non-hydrogen) atoms. The maximum absolute atomic E-state index is 3.94. The van der Waals surface area contributed by atoms with Gasteiger partial charge < -0.3 is 9.88 Å². The van der Waals surface area contributed by atoms with Gasteiger partial charge in [0.15, 0.2) is 7.28 Å². The quantitative estimate of drug-likeness (QED) is 0.179. The SMILES string of the molecule is [B]1c2cc(-c3ccccc3)ccc2N(c2ccc(-c3ccccc3)cc2)c2cc3sc4ccccc4c3c(-c3cccc4c3[nH]c3cc5ccccc5cc34)c21. The van der Waals surface area contributed by atoms with Gasteiger partial charge in [-0.05, 0) is 86.5 Å². The molecule has 1 aliphatic heterocycles. The maximum Gasteiger partial charge on any atom is 0.197 e. The number of rotatable bonds is 4. The average Bonchev–Trinajstić information content (AvgIpc) is 3.82. The van der Waals surface area contributed by atoms with Crippen LogP contribution in [0.2, 0.25) is 0 Å². The molecule has 11 aromatic rings. The lowest BCUT2D eigenvalue weighted by Crippen LogP contribution is -2.41. The Kier molecular flexibility index (Phi) is 6.93. The number of para-hydroxylation sites is 1. The van der Waals surface area contributed by atoms with Crippen molar-refractivity contribution in [2.24, 2.45) is 0 Å². The van der Waals surface area contributed by atoms with Crippen molar-refractivity contribution < 1.29 is 0 Å². The second kappa shape index (κ2) is 12.3. The Morgan fingerprint density at radius 3 is 1.93 bits per heavy atom. The van der Waals surface area contributed by atoms with Crippen molar-refractivity contribution in [3.8, 4) is 33.4 Å². The summed E-state index contributed by atoms with van der Waals surface area (Å²) in [6.07, 6.45) is 0. The van der Waals surface area contributed by atoms with Crippen molar-refractivity contribution >= 4 is 99.4 Å². The van der Waals surface area contributed by atoms with E-state index in [9.17, 15) is 0 Å². The summed E-state index contributed by atoms with van der Waals surface area (Å²) in [5.41, 5.74) is 15.5. The van der Waals surface area contributed by atoms with Gasteiger partial charge in [-0.1, -0.05) is 151 Å². The number of benzene rings is 9. The van der Waals surface area contributed by atoms with Crippen molar-refractivity contribution in [2.75, 3.05) is 4.90 Å². The Balaban J connectivity index is 1.16.